The van der Waals surface area contributed by atoms with Crippen molar-refractivity contribution in [3.05, 3.63) is 0 Å². The van der Waals surface area contributed by atoms with Gasteiger partial charge in [-0.05, 0) is 25.9 Å². The zero-order valence-corrected chi connectivity index (χ0v) is 7.16. The first-order valence-corrected chi connectivity index (χ1v) is 4.83. The van der Waals surface area contributed by atoms with E-state index in [0.29, 0.717) is 0 Å². The Labute approximate surface area is 64.7 Å². The molecule has 1 aliphatic heterocycles. The smallest absolute Gasteiger partial charge is 0.317 e. The van der Waals surface area contributed by atoms with Gasteiger partial charge in [0.2, 0.25) is 0 Å². The van der Waals surface area contributed by atoms with E-state index in [4.69, 9.17) is 0 Å². The summed E-state index contributed by atoms with van der Waals surface area (Å²) in [6.45, 7) is 2.50. The summed E-state index contributed by atoms with van der Waals surface area (Å²) in [5.74, 6) is 0. The van der Waals surface area contributed by atoms with Crippen LogP contribution in [0, 0.1) is 0 Å². The van der Waals surface area contributed by atoms with Crippen LogP contribution in [-0.2, 0) is 0 Å². The number of nitrogens with one attached hydrogen (secondary N) is 1. The van der Waals surface area contributed by atoms with Gasteiger partial charge >= 0.3 is 21.7 Å². The van der Waals surface area contributed by atoms with E-state index >= 15 is 0 Å². The molecule has 1 rings (SSSR count). The average molecular weight is 124 g/mol. The van der Waals surface area contributed by atoms with E-state index in [-0.39, 0.29) is 0 Å². The minimum atomic E-state index is 1.25. The predicted molar refractivity (Wildman–Crippen MR) is 38.3 cm³/mol. The van der Waals surface area contributed by atoms with Gasteiger partial charge in [-0.2, -0.15) is 0 Å². The molecule has 0 amide bonds. The van der Waals surface area contributed by atoms with E-state index in [0.717, 1.165) is 0 Å². The van der Waals surface area contributed by atoms with Gasteiger partial charge in [-0.3, -0.25) is 0 Å². The fraction of sp³-hybridized carbons (Fsp3) is 1.00. The number of hydrogen-bond donors (Lipinski definition) is 1. The normalized spacial score (nSPS) is 18.8. The number of rotatable bonds is 0. The molecule has 1 heterocycles. The third-order valence-corrected chi connectivity index (χ3v) is 1.21. The van der Waals surface area contributed by atoms with Gasteiger partial charge in [0.25, 0.3) is 5.05 Å². The van der Waals surface area contributed by atoms with Gasteiger partial charge < -0.3 is 5.32 Å². The first-order valence-electron chi connectivity index (χ1n) is 3.41. The van der Waals surface area contributed by atoms with Gasteiger partial charge in [0, 0.05) is 0 Å². The Morgan fingerprint density at radius 1 is 1.00 bits per heavy atom. The molecule has 2 heteroatoms. The summed E-state index contributed by atoms with van der Waals surface area (Å²) < 4.78 is 0. The standard InChI is InChI=1S/C5H11N.CH3.Mg/c1-2-4-6-5-3-1;;/h6H,1-5H2;1H3;/q;;+2. The van der Waals surface area contributed by atoms with Gasteiger partial charge in [-0.15, -0.1) is 0 Å². The van der Waals surface area contributed by atoms with Gasteiger partial charge in [-0.1, -0.05) is 6.42 Å². The van der Waals surface area contributed by atoms with Crippen LogP contribution < -0.4 is 5.32 Å². The lowest BCUT2D eigenvalue weighted by atomic mass is 10.2. The van der Waals surface area contributed by atoms with Crippen LogP contribution >= 0.6 is 0 Å². The molecule has 0 aromatic rings. The maximum Gasteiger partial charge on any atom is 1.41 e. The fourth-order valence-corrected chi connectivity index (χ4v) is 0.802. The molecule has 7 radical (unpaired) electrons. The lowest BCUT2D eigenvalue weighted by Crippen LogP contribution is -2.21. The van der Waals surface area contributed by atoms with Crippen LogP contribution in [0.1, 0.15) is 19.3 Å². The summed E-state index contributed by atoms with van der Waals surface area (Å²) in [6, 6.07) is 0. The van der Waals surface area contributed by atoms with Crippen molar-refractivity contribution in [2.75, 3.05) is 13.1 Å². The van der Waals surface area contributed by atoms with E-state index in [9.17, 15) is 0 Å². The Balaban J connectivity index is 0.000000222. The van der Waals surface area contributed by atoms with Crippen LogP contribution in [0.15, 0.2) is 0 Å². The highest BCUT2D eigenvalue weighted by molar-refractivity contribution is 6.05. The Hall–Kier alpha value is 0.726. The third-order valence-electron chi connectivity index (χ3n) is 1.21. The molecule has 43 valence electrons. The summed E-state index contributed by atoms with van der Waals surface area (Å²) in [6.07, 6.45) is 4.22. The van der Waals surface area contributed by atoms with Crippen LogP contribution in [0.5, 0.6) is 0 Å². The van der Waals surface area contributed by atoms with Crippen molar-refractivity contribution >= 4 is 21.7 Å². The Kier molecular flexibility index (Phi) is 8.43. The van der Waals surface area contributed by atoms with Crippen LogP contribution in [0.4, 0.5) is 0 Å². The molecule has 0 aliphatic carbocycles. The molecule has 1 aliphatic rings. The Bertz CT molecular complexity index is 24.0. The monoisotopic (exact) mass is 124 g/mol. The first kappa shape index (κ1) is 8.73. The minimum Gasteiger partial charge on any atom is -0.317 e. The van der Waals surface area contributed by atoms with Gasteiger partial charge in [0.1, 0.15) is 0 Å². The molecule has 1 saturated heterocycles. The topological polar surface area (TPSA) is 12.0 Å². The summed E-state index contributed by atoms with van der Waals surface area (Å²) in [4.78, 5) is 0. The van der Waals surface area contributed by atoms with Crippen molar-refractivity contribution in [2.45, 2.75) is 24.3 Å². The van der Waals surface area contributed by atoms with E-state index in [1.807, 2.05) is 26.8 Å². The van der Waals surface area contributed by atoms with E-state index < -0.39 is 0 Å². The second kappa shape index (κ2) is 7.73. The van der Waals surface area contributed by atoms with Crippen LogP contribution in [0.2, 0.25) is 5.05 Å². The number of piperidine rings is 1. The largest absolute Gasteiger partial charge is 1.41 e. The Morgan fingerprint density at radius 2 is 1.50 bits per heavy atom. The van der Waals surface area contributed by atoms with Crippen LogP contribution in [-0.4, -0.2) is 34.8 Å². The minimum absolute atomic E-state index is 1.25. The third kappa shape index (κ3) is 4.87. The average Bonchev–Trinajstić information content (AvgIpc) is 1.96. The molecule has 0 spiro atoms. The van der Waals surface area contributed by atoms with Crippen molar-refractivity contribution < 1.29 is 0 Å². The second-order valence-electron chi connectivity index (χ2n) is 1.81. The van der Waals surface area contributed by atoms with E-state index in [2.05, 4.69) is 5.32 Å². The molecule has 0 unspecified atom stereocenters. The summed E-state index contributed by atoms with van der Waals surface area (Å²) in [5.41, 5.74) is 0. The predicted octanol–water partition coefficient (Wildman–Crippen LogP) is 0.963. The zero-order chi connectivity index (χ0) is 6.24. The molecular formula is C6H14MgN+2. The van der Waals surface area contributed by atoms with Gasteiger partial charge in [0.15, 0.2) is 0 Å². The lowest BCUT2D eigenvalue weighted by Gasteiger charge is -2.08. The Morgan fingerprint density at radius 3 is 1.62 bits per heavy atom. The van der Waals surface area contributed by atoms with Gasteiger partial charge in [-0.25, -0.2) is 0 Å². The summed E-state index contributed by atoms with van der Waals surface area (Å²) in [7, 11) is 0. The summed E-state index contributed by atoms with van der Waals surface area (Å²) in [5, 5.41) is 5.31. The SMILES string of the molecule is C1CCNCC1.[CH3][Mg+2]. The molecule has 0 bridgehead atoms. The second-order valence-corrected chi connectivity index (χ2v) is 1.81. The van der Waals surface area contributed by atoms with Crippen LogP contribution in [0.25, 0.3) is 0 Å². The molecule has 0 aromatic carbocycles. The maximum absolute atomic E-state index is 3.28. The van der Waals surface area contributed by atoms with Crippen molar-refractivity contribution in [1.82, 2.24) is 5.32 Å². The molecule has 1 nitrogen and oxygen atoms in total. The molecular weight excluding hydrogens is 110 g/mol. The highest BCUT2D eigenvalue weighted by Gasteiger charge is 1.99. The van der Waals surface area contributed by atoms with Crippen LogP contribution in [0.3, 0.4) is 0 Å². The molecule has 0 saturated carbocycles. The zero-order valence-electron chi connectivity index (χ0n) is 5.74. The molecule has 0 atom stereocenters. The van der Waals surface area contributed by atoms with E-state index in [1.54, 1.807) is 0 Å². The van der Waals surface area contributed by atoms with Crippen molar-refractivity contribution in [1.29, 1.82) is 0 Å². The van der Waals surface area contributed by atoms with E-state index in [1.165, 1.54) is 32.4 Å². The van der Waals surface area contributed by atoms with Crippen molar-refractivity contribution in [3.63, 3.8) is 0 Å². The first-order chi connectivity index (χ1) is 4.00. The molecule has 1 N–H and O–H groups in total. The molecule has 8 heavy (non-hydrogen) atoms. The quantitative estimate of drug-likeness (QED) is 0.475. The molecule has 1 fully saturated rings. The van der Waals surface area contributed by atoms with Gasteiger partial charge in [0.05, 0.1) is 0 Å². The number of hydrogen-bond acceptors (Lipinski definition) is 1. The highest BCUT2D eigenvalue weighted by Crippen LogP contribution is 1.96. The lowest BCUT2D eigenvalue weighted by molar-refractivity contribution is 0.520. The fourth-order valence-electron chi connectivity index (χ4n) is 0.802. The van der Waals surface area contributed by atoms with Crippen molar-refractivity contribution in [2.24, 2.45) is 0 Å². The molecule has 0 aromatic heterocycles. The summed E-state index contributed by atoms with van der Waals surface area (Å²) >= 11 is 1.86. The van der Waals surface area contributed by atoms with Crippen molar-refractivity contribution in [3.8, 4) is 0 Å². The highest BCUT2D eigenvalue weighted by atomic mass is 24.4. The maximum atomic E-state index is 3.28.